The minimum absolute atomic E-state index is 0.223. The van der Waals surface area contributed by atoms with E-state index < -0.39 is 5.91 Å². The van der Waals surface area contributed by atoms with Crippen LogP contribution in [0.3, 0.4) is 0 Å². The first-order valence-corrected chi connectivity index (χ1v) is 6.88. The van der Waals surface area contributed by atoms with E-state index in [1.54, 1.807) is 24.3 Å². The van der Waals surface area contributed by atoms with E-state index in [-0.39, 0.29) is 5.69 Å². The molecule has 0 unspecified atom stereocenters. The number of carbonyl (C=O) groups is 1. The molecule has 0 saturated carbocycles. The smallest absolute Gasteiger partial charge is 0.275 e. The zero-order chi connectivity index (χ0) is 14.8. The number of aromatic nitrogens is 2. The fourth-order valence-electron chi connectivity index (χ4n) is 1.91. The normalized spacial score (nSPS) is 10.6. The molecular weight excluding hydrogens is 309 g/mol. The first kappa shape index (κ1) is 13.8. The summed E-state index contributed by atoms with van der Waals surface area (Å²) in [5.41, 5.74) is 0.884. The summed E-state index contributed by atoms with van der Waals surface area (Å²) >= 11 is 12.0. The van der Waals surface area contributed by atoms with E-state index in [2.05, 4.69) is 15.3 Å². The van der Waals surface area contributed by atoms with Gasteiger partial charge in [0.2, 0.25) is 0 Å². The number of amides is 1. The maximum Gasteiger partial charge on any atom is 0.275 e. The number of benzene rings is 1. The SMILES string of the molecule is O=C(Nc1cccc(Cl)n1)c1cc(Cl)c2ccccc2n1. The number of halogens is 2. The van der Waals surface area contributed by atoms with Crippen molar-refractivity contribution in [3.05, 3.63) is 64.4 Å². The molecule has 0 spiro atoms. The van der Waals surface area contributed by atoms with Gasteiger partial charge in [-0.15, -0.1) is 0 Å². The predicted molar refractivity (Wildman–Crippen MR) is 84.0 cm³/mol. The second kappa shape index (κ2) is 5.68. The molecule has 3 rings (SSSR count). The predicted octanol–water partition coefficient (Wildman–Crippen LogP) is 4.19. The molecule has 2 aromatic heterocycles. The molecule has 104 valence electrons. The van der Waals surface area contributed by atoms with Gasteiger partial charge in [-0.1, -0.05) is 47.5 Å². The summed E-state index contributed by atoms with van der Waals surface area (Å²) in [6.07, 6.45) is 0. The lowest BCUT2D eigenvalue weighted by molar-refractivity contribution is 0.102. The molecule has 0 aliphatic heterocycles. The number of anilines is 1. The first-order valence-electron chi connectivity index (χ1n) is 6.13. The molecule has 6 heteroatoms. The molecule has 0 saturated heterocycles. The Morgan fingerprint density at radius 2 is 1.81 bits per heavy atom. The van der Waals surface area contributed by atoms with Crippen LogP contribution in [0.5, 0.6) is 0 Å². The second-order valence-electron chi connectivity index (χ2n) is 4.31. The van der Waals surface area contributed by atoms with Crippen LogP contribution in [0.2, 0.25) is 10.2 Å². The van der Waals surface area contributed by atoms with Gasteiger partial charge >= 0.3 is 0 Å². The molecule has 3 aromatic rings. The second-order valence-corrected chi connectivity index (χ2v) is 5.10. The van der Waals surface area contributed by atoms with Crippen molar-refractivity contribution in [2.24, 2.45) is 0 Å². The summed E-state index contributed by atoms with van der Waals surface area (Å²) in [4.78, 5) is 20.5. The van der Waals surface area contributed by atoms with Crippen LogP contribution in [-0.2, 0) is 0 Å². The van der Waals surface area contributed by atoms with Crippen LogP contribution in [0, 0.1) is 0 Å². The average Bonchev–Trinajstić information content (AvgIpc) is 2.47. The van der Waals surface area contributed by atoms with Crippen molar-refractivity contribution in [1.29, 1.82) is 0 Å². The Hall–Kier alpha value is -2.17. The van der Waals surface area contributed by atoms with Crippen molar-refractivity contribution < 1.29 is 4.79 Å². The van der Waals surface area contributed by atoms with Crippen molar-refractivity contribution in [3.8, 4) is 0 Å². The highest BCUT2D eigenvalue weighted by molar-refractivity contribution is 6.35. The lowest BCUT2D eigenvalue weighted by atomic mass is 10.2. The lowest BCUT2D eigenvalue weighted by Crippen LogP contribution is -2.14. The Morgan fingerprint density at radius 3 is 2.62 bits per heavy atom. The van der Waals surface area contributed by atoms with Gasteiger partial charge in [-0.3, -0.25) is 4.79 Å². The van der Waals surface area contributed by atoms with Gasteiger partial charge in [0, 0.05) is 5.39 Å². The van der Waals surface area contributed by atoms with Gasteiger partial charge in [0.25, 0.3) is 5.91 Å². The third kappa shape index (κ3) is 2.96. The monoisotopic (exact) mass is 317 g/mol. The van der Waals surface area contributed by atoms with Crippen LogP contribution in [0.1, 0.15) is 10.5 Å². The third-order valence-electron chi connectivity index (χ3n) is 2.86. The number of rotatable bonds is 2. The number of nitrogens with zero attached hydrogens (tertiary/aromatic N) is 2. The van der Waals surface area contributed by atoms with E-state index in [1.807, 2.05) is 18.2 Å². The molecule has 2 heterocycles. The highest BCUT2D eigenvalue weighted by Gasteiger charge is 2.12. The summed E-state index contributed by atoms with van der Waals surface area (Å²) in [6.45, 7) is 0. The number of pyridine rings is 2. The summed E-state index contributed by atoms with van der Waals surface area (Å²) in [5, 5.41) is 4.22. The molecule has 0 fully saturated rings. The van der Waals surface area contributed by atoms with Gasteiger partial charge in [-0.2, -0.15) is 0 Å². The quantitative estimate of drug-likeness (QED) is 0.721. The number of hydrogen-bond acceptors (Lipinski definition) is 3. The van der Waals surface area contributed by atoms with Crippen molar-refractivity contribution >= 4 is 45.8 Å². The molecule has 0 atom stereocenters. The summed E-state index contributed by atoms with van der Waals surface area (Å²) in [5.74, 6) is -0.0315. The van der Waals surface area contributed by atoms with Gasteiger partial charge in [0.05, 0.1) is 10.5 Å². The third-order valence-corrected chi connectivity index (χ3v) is 3.38. The molecule has 21 heavy (non-hydrogen) atoms. The van der Waals surface area contributed by atoms with E-state index in [9.17, 15) is 4.79 Å². The van der Waals surface area contributed by atoms with Crippen molar-refractivity contribution in [3.63, 3.8) is 0 Å². The first-order chi connectivity index (χ1) is 10.1. The van der Waals surface area contributed by atoms with E-state index >= 15 is 0 Å². The van der Waals surface area contributed by atoms with E-state index in [1.165, 1.54) is 6.07 Å². The van der Waals surface area contributed by atoms with Gasteiger partial charge in [-0.05, 0) is 24.3 Å². The number of hydrogen-bond donors (Lipinski definition) is 1. The Labute approximate surface area is 130 Å². The van der Waals surface area contributed by atoms with Crippen LogP contribution in [0.25, 0.3) is 10.9 Å². The molecule has 0 radical (unpaired) electrons. The maximum atomic E-state index is 12.2. The van der Waals surface area contributed by atoms with Gasteiger partial charge in [0.1, 0.15) is 16.7 Å². The summed E-state index contributed by atoms with van der Waals surface area (Å²) in [6, 6.07) is 13.9. The lowest BCUT2D eigenvalue weighted by Gasteiger charge is -2.06. The molecule has 0 aliphatic carbocycles. The number of nitrogens with one attached hydrogen (secondary N) is 1. The molecule has 4 nitrogen and oxygen atoms in total. The van der Waals surface area contributed by atoms with Gasteiger partial charge < -0.3 is 5.32 Å². The summed E-state index contributed by atoms with van der Waals surface area (Å²) < 4.78 is 0. The van der Waals surface area contributed by atoms with E-state index in [0.717, 1.165) is 5.39 Å². The number of fused-ring (bicyclic) bond motifs is 1. The number of carbonyl (C=O) groups excluding carboxylic acids is 1. The van der Waals surface area contributed by atoms with Crippen molar-refractivity contribution in [2.75, 3.05) is 5.32 Å². The molecule has 1 N–H and O–H groups in total. The van der Waals surface area contributed by atoms with Gasteiger partial charge in [0.15, 0.2) is 0 Å². The van der Waals surface area contributed by atoms with Gasteiger partial charge in [-0.25, -0.2) is 9.97 Å². The van der Waals surface area contributed by atoms with Crippen molar-refractivity contribution in [2.45, 2.75) is 0 Å². The van der Waals surface area contributed by atoms with E-state index in [0.29, 0.717) is 21.5 Å². The van der Waals surface area contributed by atoms with Crippen LogP contribution in [0.4, 0.5) is 5.82 Å². The van der Waals surface area contributed by atoms with Crippen LogP contribution in [-0.4, -0.2) is 15.9 Å². The van der Waals surface area contributed by atoms with Crippen LogP contribution < -0.4 is 5.32 Å². The van der Waals surface area contributed by atoms with Crippen LogP contribution >= 0.6 is 23.2 Å². The molecular formula is C15H9Cl2N3O. The fourth-order valence-corrected chi connectivity index (χ4v) is 2.33. The standard InChI is InChI=1S/C15H9Cl2N3O/c16-10-8-12(18-11-5-2-1-4-9(10)11)15(21)20-14-7-3-6-13(17)19-14/h1-8H,(H,19,20,21). The average molecular weight is 318 g/mol. The highest BCUT2D eigenvalue weighted by atomic mass is 35.5. The minimum atomic E-state index is -0.391. The molecule has 0 aliphatic rings. The summed E-state index contributed by atoms with van der Waals surface area (Å²) in [7, 11) is 0. The Bertz CT molecular complexity index is 836. The largest absolute Gasteiger partial charge is 0.305 e. The molecule has 1 amide bonds. The minimum Gasteiger partial charge on any atom is -0.305 e. The zero-order valence-corrected chi connectivity index (χ0v) is 12.2. The molecule has 0 bridgehead atoms. The van der Waals surface area contributed by atoms with Crippen LogP contribution in [0.15, 0.2) is 48.5 Å². The highest BCUT2D eigenvalue weighted by Crippen LogP contribution is 2.23. The number of para-hydroxylation sites is 1. The topological polar surface area (TPSA) is 54.9 Å². The van der Waals surface area contributed by atoms with Crippen molar-refractivity contribution in [1.82, 2.24) is 9.97 Å². The van der Waals surface area contributed by atoms with E-state index in [4.69, 9.17) is 23.2 Å². The molecule has 1 aromatic carbocycles. The Kier molecular flexibility index (Phi) is 3.73. The Balaban J connectivity index is 1.94. The fraction of sp³-hybridized carbons (Fsp3) is 0. The maximum absolute atomic E-state index is 12.2. The Morgan fingerprint density at radius 1 is 1.00 bits per heavy atom. The zero-order valence-electron chi connectivity index (χ0n) is 10.7.